The Balaban J connectivity index is 1.97. The Morgan fingerprint density at radius 2 is 2.16 bits per heavy atom. The molecule has 1 aromatic heterocycles. The standard InChI is InChI=1S/C13H16N4OS/c14-5-9-10(16)12(11(18)7-1-2-7)19-13(9)17-4-3-8(15)6-17/h7-8H,1-4,6,15-16H2. The van der Waals surface area contributed by atoms with Crippen LogP contribution in [-0.2, 0) is 0 Å². The maximum absolute atomic E-state index is 12.2. The van der Waals surface area contributed by atoms with Crippen molar-refractivity contribution >= 4 is 27.8 Å². The van der Waals surface area contributed by atoms with E-state index in [-0.39, 0.29) is 17.7 Å². The molecule has 6 heteroatoms. The zero-order valence-corrected chi connectivity index (χ0v) is 11.4. The second-order valence-electron chi connectivity index (χ2n) is 5.27. The lowest BCUT2D eigenvalue weighted by molar-refractivity contribution is 0.0972. The van der Waals surface area contributed by atoms with Crippen LogP contribution in [0, 0.1) is 17.2 Å². The molecule has 1 aliphatic heterocycles. The van der Waals surface area contributed by atoms with Gasteiger partial charge in [0, 0.05) is 25.0 Å². The molecule has 2 fully saturated rings. The molecule has 1 saturated heterocycles. The Morgan fingerprint density at radius 3 is 2.68 bits per heavy atom. The Morgan fingerprint density at radius 1 is 1.42 bits per heavy atom. The van der Waals surface area contributed by atoms with Crippen LogP contribution in [-0.4, -0.2) is 24.9 Å². The third-order valence-corrected chi connectivity index (χ3v) is 5.00. The minimum Gasteiger partial charge on any atom is -0.396 e. The minimum atomic E-state index is 0.105. The van der Waals surface area contributed by atoms with Gasteiger partial charge in [0.25, 0.3) is 0 Å². The van der Waals surface area contributed by atoms with Crippen molar-refractivity contribution in [1.29, 1.82) is 5.26 Å². The summed E-state index contributed by atoms with van der Waals surface area (Å²) < 4.78 is 0. The minimum absolute atomic E-state index is 0.105. The van der Waals surface area contributed by atoms with Crippen molar-refractivity contribution in [2.24, 2.45) is 11.7 Å². The van der Waals surface area contributed by atoms with Gasteiger partial charge in [-0.1, -0.05) is 0 Å². The van der Waals surface area contributed by atoms with Gasteiger partial charge in [0.2, 0.25) is 0 Å². The van der Waals surface area contributed by atoms with Gasteiger partial charge in [0.05, 0.1) is 10.6 Å². The normalized spacial score (nSPS) is 22.5. The second kappa shape index (κ2) is 4.51. The van der Waals surface area contributed by atoms with Crippen LogP contribution >= 0.6 is 11.3 Å². The van der Waals surface area contributed by atoms with E-state index in [1.165, 1.54) is 11.3 Å². The first-order valence-corrected chi connectivity index (χ1v) is 7.30. The molecule has 100 valence electrons. The van der Waals surface area contributed by atoms with Crippen molar-refractivity contribution in [1.82, 2.24) is 0 Å². The van der Waals surface area contributed by atoms with Crippen molar-refractivity contribution in [2.75, 3.05) is 23.7 Å². The lowest BCUT2D eigenvalue weighted by Crippen LogP contribution is -2.26. The maximum Gasteiger partial charge on any atom is 0.178 e. The van der Waals surface area contributed by atoms with Crippen molar-refractivity contribution in [3.8, 4) is 6.07 Å². The summed E-state index contributed by atoms with van der Waals surface area (Å²) in [6.07, 6.45) is 2.80. The summed E-state index contributed by atoms with van der Waals surface area (Å²) in [4.78, 5) is 14.8. The molecule has 1 atom stereocenters. The highest BCUT2D eigenvalue weighted by molar-refractivity contribution is 7.19. The number of nitrogens with zero attached hydrogens (tertiary/aromatic N) is 2. The van der Waals surface area contributed by atoms with E-state index in [0.29, 0.717) is 16.1 Å². The molecule has 0 spiro atoms. The SMILES string of the molecule is N#Cc1c(N2CCC(N)C2)sc(C(=O)C2CC2)c1N. The quantitative estimate of drug-likeness (QED) is 0.812. The Kier molecular flexibility index (Phi) is 2.96. The van der Waals surface area contributed by atoms with Gasteiger partial charge in [-0.15, -0.1) is 11.3 Å². The fraction of sp³-hybridized carbons (Fsp3) is 0.538. The summed E-state index contributed by atoms with van der Waals surface area (Å²) in [5, 5.41) is 10.1. The van der Waals surface area contributed by atoms with Gasteiger partial charge in [-0.3, -0.25) is 4.79 Å². The number of carbonyl (C=O) groups is 1. The molecule has 0 radical (unpaired) electrons. The Labute approximate surface area is 115 Å². The average molecular weight is 276 g/mol. The predicted octanol–water partition coefficient (Wildman–Crippen LogP) is 1.33. The number of nitrogen functional groups attached to an aromatic ring is 1. The molecule has 2 aliphatic rings. The van der Waals surface area contributed by atoms with Crippen LogP contribution in [0.2, 0.25) is 0 Å². The van der Waals surface area contributed by atoms with Crippen LogP contribution in [0.4, 0.5) is 10.7 Å². The highest BCUT2D eigenvalue weighted by Crippen LogP contribution is 2.43. The van der Waals surface area contributed by atoms with Crippen LogP contribution in [0.1, 0.15) is 34.5 Å². The van der Waals surface area contributed by atoms with E-state index < -0.39 is 0 Å². The summed E-state index contributed by atoms with van der Waals surface area (Å²) in [6, 6.07) is 2.28. The number of nitrogens with two attached hydrogens (primary N) is 2. The Bertz CT molecular complexity index is 570. The summed E-state index contributed by atoms with van der Waals surface area (Å²) in [6.45, 7) is 1.55. The summed E-state index contributed by atoms with van der Waals surface area (Å²) in [5.41, 5.74) is 12.7. The van der Waals surface area contributed by atoms with Gasteiger partial charge in [-0.2, -0.15) is 5.26 Å². The number of ketones is 1. The molecule has 19 heavy (non-hydrogen) atoms. The number of hydrogen-bond acceptors (Lipinski definition) is 6. The fourth-order valence-corrected chi connectivity index (χ4v) is 3.67. The van der Waals surface area contributed by atoms with E-state index in [1.807, 2.05) is 0 Å². The molecule has 0 aromatic carbocycles. The monoisotopic (exact) mass is 276 g/mol. The molecule has 1 aliphatic carbocycles. The van der Waals surface area contributed by atoms with Gasteiger partial charge in [0.15, 0.2) is 5.78 Å². The van der Waals surface area contributed by atoms with Crippen LogP contribution in [0.15, 0.2) is 0 Å². The van der Waals surface area contributed by atoms with E-state index in [0.717, 1.165) is 37.4 Å². The zero-order chi connectivity index (χ0) is 13.6. The van der Waals surface area contributed by atoms with E-state index in [2.05, 4.69) is 11.0 Å². The van der Waals surface area contributed by atoms with Gasteiger partial charge >= 0.3 is 0 Å². The number of thiophene rings is 1. The zero-order valence-electron chi connectivity index (χ0n) is 10.6. The third kappa shape index (κ3) is 2.09. The van der Waals surface area contributed by atoms with E-state index in [1.54, 1.807) is 0 Å². The number of rotatable bonds is 3. The highest BCUT2D eigenvalue weighted by atomic mass is 32.1. The lowest BCUT2D eigenvalue weighted by Gasteiger charge is -2.15. The highest BCUT2D eigenvalue weighted by Gasteiger charge is 2.35. The molecule has 1 aromatic rings. The first-order chi connectivity index (χ1) is 9.11. The predicted molar refractivity (Wildman–Crippen MR) is 75.3 cm³/mol. The summed E-state index contributed by atoms with van der Waals surface area (Å²) in [7, 11) is 0. The van der Waals surface area contributed by atoms with Crippen molar-refractivity contribution in [2.45, 2.75) is 25.3 Å². The largest absolute Gasteiger partial charge is 0.396 e. The molecular formula is C13H16N4OS. The average Bonchev–Trinajstić information content (AvgIpc) is 3.07. The van der Waals surface area contributed by atoms with Gasteiger partial charge in [0.1, 0.15) is 16.6 Å². The topological polar surface area (TPSA) is 96.1 Å². The van der Waals surface area contributed by atoms with Crippen LogP contribution in [0.25, 0.3) is 0 Å². The molecule has 0 amide bonds. The number of anilines is 2. The van der Waals surface area contributed by atoms with Crippen LogP contribution in [0.5, 0.6) is 0 Å². The molecule has 4 N–H and O–H groups in total. The van der Waals surface area contributed by atoms with Crippen LogP contribution in [0.3, 0.4) is 0 Å². The van der Waals surface area contributed by atoms with Crippen LogP contribution < -0.4 is 16.4 Å². The van der Waals surface area contributed by atoms with E-state index in [9.17, 15) is 10.1 Å². The molecule has 0 bridgehead atoms. The molecule has 5 nitrogen and oxygen atoms in total. The lowest BCUT2D eigenvalue weighted by atomic mass is 10.1. The van der Waals surface area contributed by atoms with Gasteiger partial charge in [-0.25, -0.2) is 0 Å². The van der Waals surface area contributed by atoms with Crippen molar-refractivity contribution in [3.05, 3.63) is 10.4 Å². The Hall–Kier alpha value is -1.58. The van der Waals surface area contributed by atoms with Crippen molar-refractivity contribution in [3.63, 3.8) is 0 Å². The second-order valence-corrected chi connectivity index (χ2v) is 6.27. The van der Waals surface area contributed by atoms with E-state index >= 15 is 0 Å². The molecular weight excluding hydrogens is 260 g/mol. The fourth-order valence-electron chi connectivity index (χ4n) is 2.45. The molecule has 1 unspecified atom stereocenters. The molecule has 3 rings (SSSR count). The first kappa shape index (κ1) is 12.5. The van der Waals surface area contributed by atoms with Crippen molar-refractivity contribution < 1.29 is 4.79 Å². The van der Waals surface area contributed by atoms with Gasteiger partial charge in [-0.05, 0) is 19.3 Å². The molecule has 2 heterocycles. The number of nitriles is 1. The molecule has 1 saturated carbocycles. The third-order valence-electron chi connectivity index (χ3n) is 3.72. The summed E-state index contributed by atoms with van der Waals surface area (Å²) >= 11 is 1.36. The smallest absolute Gasteiger partial charge is 0.178 e. The summed E-state index contributed by atoms with van der Waals surface area (Å²) in [5.74, 6) is 0.231. The number of hydrogen-bond donors (Lipinski definition) is 2. The maximum atomic E-state index is 12.2. The first-order valence-electron chi connectivity index (χ1n) is 6.49. The van der Waals surface area contributed by atoms with E-state index in [4.69, 9.17) is 11.5 Å². The van der Waals surface area contributed by atoms with Gasteiger partial charge < -0.3 is 16.4 Å². The number of Topliss-reactive ketones (excluding diaryl/α,β-unsaturated/α-hetero) is 1. The number of carbonyl (C=O) groups excluding carboxylic acids is 1.